The summed E-state index contributed by atoms with van der Waals surface area (Å²) in [5.41, 5.74) is 7.01. The number of aryl methyl sites for hydroxylation is 1. The number of nitrogens with two attached hydrogens (primary N) is 1. The lowest BCUT2D eigenvalue weighted by molar-refractivity contribution is 0.123. The van der Waals surface area contributed by atoms with E-state index in [1.54, 1.807) is 7.11 Å². The Morgan fingerprint density at radius 2 is 2.38 bits per heavy atom. The molecule has 92 valence electrons. The monoisotopic (exact) mass is 226 g/mol. The minimum absolute atomic E-state index is 0.215. The first-order valence-corrected chi connectivity index (χ1v) is 5.63. The van der Waals surface area contributed by atoms with Gasteiger partial charge < -0.3 is 15.0 Å². The van der Waals surface area contributed by atoms with Gasteiger partial charge in [0.05, 0.1) is 24.7 Å². The SMILES string of the molecule is CCN(CCOC)C(CN)c1cncn1C. The summed E-state index contributed by atoms with van der Waals surface area (Å²) in [4.78, 5) is 6.44. The van der Waals surface area contributed by atoms with Gasteiger partial charge in [0.25, 0.3) is 0 Å². The van der Waals surface area contributed by atoms with Crippen LogP contribution in [0.1, 0.15) is 18.7 Å². The van der Waals surface area contributed by atoms with E-state index in [1.807, 2.05) is 24.1 Å². The molecule has 1 atom stereocenters. The van der Waals surface area contributed by atoms with Crippen LogP contribution in [0.25, 0.3) is 0 Å². The van der Waals surface area contributed by atoms with Crippen molar-refractivity contribution in [2.75, 3.05) is 33.4 Å². The summed E-state index contributed by atoms with van der Waals surface area (Å²) in [6.07, 6.45) is 3.69. The first kappa shape index (κ1) is 13.2. The average molecular weight is 226 g/mol. The maximum absolute atomic E-state index is 5.86. The summed E-state index contributed by atoms with van der Waals surface area (Å²) in [6.45, 7) is 5.30. The molecule has 1 aromatic heterocycles. The zero-order valence-electron chi connectivity index (χ0n) is 10.4. The van der Waals surface area contributed by atoms with E-state index >= 15 is 0 Å². The molecule has 0 amide bonds. The Kier molecular flexibility index (Phi) is 5.45. The number of imidazole rings is 1. The van der Waals surface area contributed by atoms with Crippen LogP contribution < -0.4 is 5.73 Å². The zero-order valence-corrected chi connectivity index (χ0v) is 10.4. The van der Waals surface area contributed by atoms with Crippen molar-refractivity contribution in [3.63, 3.8) is 0 Å². The van der Waals surface area contributed by atoms with Crippen LogP contribution in [0.15, 0.2) is 12.5 Å². The highest BCUT2D eigenvalue weighted by atomic mass is 16.5. The molecule has 0 saturated heterocycles. The Balaban J connectivity index is 2.75. The molecular weight excluding hydrogens is 204 g/mol. The maximum Gasteiger partial charge on any atom is 0.0946 e. The highest BCUT2D eigenvalue weighted by Gasteiger charge is 2.19. The minimum atomic E-state index is 0.215. The van der Waals surface area contributed by atoms with E-state index in [4.69, 9.17) is 10.5 Å². The van der Waals surface area contributed by atoms with Crippen molar-refractivity contribution < 1.29 is 4.74 Å². The van der Waals surface area contributed by atoms with Gasteiger partial charge in [-0.15, -0.1) is 0 Å². The fourth-order valence-corrected chi connectivity index (χ4v) is 1.89. The third-order valence-electron chi connectivity index (χ3n) is 2.85. The van der Waals surface area contributed by atoms with Gasteiger partial charge in [-0.1, -0.05) is 6.92 Å². The van der Waals surface area contributed by atoms with Gasteiger partial charge in [-0.3, -0.25) is 4.90 Å². The molecule has 16 heavy (non-hydrogen) atoms. The lowest BCUT2D eigenvalue weighted by Gasteiger charge is -2.29. The predicted octanol–water partition coefficient (Wildman–Crippen LogP) is 0.388. The number of rotatable bonds is 7. The third kappa shape index (κ3) is 3.04. The van der Waals surface area contributed by atoms with E-state index in [-0.39, 0.29) is 6.04 Å². The first-order chi connectivity index (χ1) is 7.74. The van der Waals surface area contributed by atoms with Gasteiger partial charge in [-0.05, 0) is 6.54 Å². The smallest absolute Gasteiger partial charge is 0.0946 e. The summed E-state index contributed by atoms with van der Waals surface area (Å²) in [5, 5.41) is 0. The number of hydrogen-bond acceptors (Lipinski definition) is 4. The molecule has 0 aliphatic rings. The quantitative estimate of drug-likeness (QED) is 0.730. The number of ether oxygens (including phenoxy) is 1. The molecule has 0 saturated carbocycles. The van der Waals surface area contributed by atoms with Gasteiger partial charge in [0, 0.05) is 33.4 Å². The second kappa shape index (κ2) is 6.62. The van der Waals surface area contributed by atoms with Gasteiger partial charge in [-0.2, -0.15) is 0 Å². The molecule has 0 aromatic carbocycles. The average Bonchev–Trinajstić information content (AvgIpc) is 2.71. The minimum Gasteiger partial charge on any atom is -0.383 e. The van der Waals surface area contributed by atoms with Crippen molar-refractivity contribution in [2.24, 2.45) is 12.8 Å². The Hall–Kier alpha value is -0.910. The summed E-state index contributed by atoms with van der Waals surface area (Å²) < 4.78 is 7.13. The molecule has 1 unspecified atom stereocenters. The number of likely N-dealkylation sites (N-methyl/N-ethyl adjacent to an activating group) is 1. The van der Waals surface area contributed by atoms with Crippen molar-refractivity contribution in [3.05, 3.63) is 18.2 Å². The zero-order chi connectivity index (χ0) is 12.0. The van der Waals surface area contributed by atoms with E-state index in [0.29, 0.717) is 6.54 Å². The number of nitrogens with zero attached hydrogens (tertiary/aromatic N) is 3. The van der Waals surface area contributed by atoms with Crippen molar-refractivity contribution in [2.45, 2.75) is 13.0 Å². The molecule has 0 spiro atoms. The van der Waals surface area contributed by atoms with E-state index in [9.17, 15) is 0 Å². The molecule has 0 bridgehead atoms. The molecule has 5 nitrogen and oxygen atoms in total. The molecule has 2 N–H and O–H groups in total. The fourth-order valence-electron chi connectivity index (χ4n) is 1.89. The summed E-state index contributed by atoms with van der Waals surface area (Å²) in [5.74, 6) is 0. The molecule has 0 aliphatic carbocycles. The molecule has 0 aliphatic heterocycles. The molecule has 1 rings (SSSR count). The lowest BCUT2D eigenvalue weighted by atomic mass is 10.2. The van der Waals surface area contributed by atoms with E-state index < -0.39 is 0 Å². The third-order valence-corrected chi connectivity index (χ3v) is 2.85. The van der Waals surface area contributed by atoms with Gasteiger partial charge in [0.1, 0.15) is 0 Å². The van der Waals surface area contributed by atoms with Gasteiger partial charge in [-0.25, -0.2) is 4.98 Å². The van der Waals surface area contributed by atoms with Crippen molar-refractivity contribution in [1.29, 1.82) is 0 Å². The van der Waals surface area contributed by atoms with Crippen LogP contribution in [0.2, 0.25) is 0 Å². The predicted molar refractivity (Wildman–Crippen MR) is 64.1 cm³/mol. The molecular formula is C11H22N4O. The number of aromatic nitrogens is 2. The van der Waals surface area contributed by atoms with Crippen LogP contribution in [0.4, 0.5) is 0 Å². The highest BCUT2D eigenvalue weighted by Crippen LogP contribution is 2.17. The maximum atomic E-state index is 5.86. The Bertz CT molecular complexity index is 300. The van der Waals surface area contributed by atoms with E-state index in [0.717, 1.165) is 25.4 Å². The van der Waals surface area contributed by atoms with Crippen LogP contribution in [0.3, 0.4) is 0 Å². The molecule has 5 heteroatoms. The summed E-state index contributed by atoms with van der Waals surface area (Å²) in [6, 6.07) is 0.215. The standard InChI is InChI=1S/C11H22N4O/c1-4-15(5-6-16-3)10(7-12)11-8-13-9-14(11)2/h8-10H,4-7,12H2,1-3H3. The first-order valence-electron chi connectivity index (χ1n) is 5.63. The van der Waals surface area contributed by atoms with Gasteiger partial charge >= 0.3 is 0 Å². The van der Waals surface area contributed by atoms with Crippen molar-refractivity contribution in [3.8, 4) is 0 Å². The van der Waals surface area contributed by atoms with Gasteiger partial charge in [0.2, 0.25) is 0 Å². The fraction of sp³-hybridized carbons (Fsp3) is 0.727. The molecule has 1 heterocycles. The van der Waals surface area contributed by atoms with Crippen molar-refractivity contribution >= 4 is 0 Å². The Labute approximate surface area is 97.2 Å². The van der Waals surface area contributed by atoms with Crippen LogP contribution >= 0.6 is 0 Å². The van der Waals surface area contributed by atoms with E-state index in [2.05, 4.69) is 16.8 Å². The number of hydrogen-bond donors (Lipinski definition) is 1. The van der Waals surface area contributed by atoms with Crippen LogP contribution in [-0.2, 0) is 11.8 Å². The van der Waals surface area contributed by atoms with Gasteiger partial charge in [0.15, 0.2) is 0 Å². The molecule has 0 radical (unpaired) electrons. The van der Waals surface area contributed by atoms with Crippen molar-refractivity contribution in [1.82, 2.24) is 14.5 Å². The Morgan fingerprint density at radius 3 is 2.81 bits per heavy atom. The van der Waals surface area contributed by atoms with Crippen LogP contribution in [0, 0.1) is 0 Å². The Morgan fingerprint density at radius 1 is 1.62 bits per heavy atom. The number of methoxy groups -OCH3 is 1. The second-order valence-electron chi connectivity index (χ2n) is 3.80. The topological polar surface area (TPSA) is 56.3 Å². The lowest BCUT2D eigenvalue weighted by Crippen LogP contribution is -2.36. The second-order valence-corrected chi connectivity index (χ2v) is 3.80. The molecule has 0 fully saturated rings. The summed E-state index contributed by atoms with van der Waals surface area (Å²) >= 11 is 0. The van der Waals surface area contributed by atoms with E-state index in [1.165, 1.54) is 0 Å². The van der Waals surface area contributed by atoms with Crippen LogP contribution in [-0.4, -0.2) is 47.8 Å². The van der Waals surface area contributed by atoms with Crippen LogP contribution in [0.5, 0.6) is 0 Å². The highest BCUT2D eigenvalue weighted by molar-refractivity contribution is 5.05. The molecule has 1 aromatic rings. The summed E-state index contributed by atoms with van der Waals surface area (Å²) in [7, 11) is 3.71. The normalized spacial score (nSPS) is 13.3. The largest absolute Gasteiger partial charge is 0.383 e.